The largest absolute Gasteiger partial charge is 0.370 e. The van der Waals surface area contributed by atoms with Crippen molar-refractivity contribution in [3.8, 4) is 6.07 Å². The van der Waals surface area contributed by atoms with E-state index >= 15 is 0 Å². The molecule has 0 bridgehead atoms. The highest BCUT2D eigenvalue weighted by atomic mass is 35.5. The molecule has 0 unspecified atom stereocenters. The number of benzene rings is 1. The van der Waals surface area contributed by atoms with Crippen LogP contribution in [0.15, 0.2) is 18.2 Å². The molecule has 1 spiro atoms. The molecule has 0 amide bonds. The van der Waals surface area contributed by atoms with Gasteiger partial charge in [0.1, 0.15) is 6.07 Å². The molecule has 1 heterocycles. The smallest absolute Gasteiger partial charge is 0.101 e. The van der Waals surface area contributed by atoms with Gasteiger partial charge in [-0.3, -0.25) is 0 Å². The van der Waals surface area contributed by atoms with Gasteiger partial charge in [-0.25, -0.2) is 0 Å². The zero-order valence-corrected chi connectivity index (χ0v) is 11.2. The van der Waals surface area contributed by atoms with E-state index in [2.05, 4.69) is 11.0 Å². The maximum atomic E-state index is 8.87. The molecule has 0 atom stereocenters. The number of hydrogen-bond acceptors (Lipinski definition) is 2. The van der Waals surface area contributed by atoms with Crippen LogP contribution in [0, 0.1) is 16.7 Å². The fourth-order valence-electron chi connectivity index (χ4n) is 3.36. The molecule has 0 radical (unpaired) electrons. The highest BCUT2D eigenvalue weighted by Gasteiger charge is 2.43. The summed E-state index contributed by atoms with van der Waals surface area (Å²) in [7, 11) is 0. The van der Waals surface area contributed by atoms with E-state index in [0.29, 0.717) is 16.0 Å². The highest BCUT2D eigenvalue weighted by Crippen LogP contribution is 2.45. The van der Waals surface area contributed by atoms with Crippen molar-refractivity contribution in [3.63, 3.8) is 0 Å². The van der Waals surface area contributed by atoms with E-state index in [1.165, 1.54) is 32.1 Å². The minimum absolute atomic E-state index is 0.563. The SMILES string of the molecule is N#Cc1ccc(N2CC3(CCCCC3)C2)cc1Cl. The molecule has 0 N–H and O–H groups in total. The summed E-state index contributed by atoms with van der Waals surface area (Å²) in [4.78, 5) is 2.39. The van der Waals surface area contributed by atoms with Crippen molar-refractivity contribution in [1.29, 1.82) is 5.26 Å². The molecule has 1 aromatic carbocycles. The first-order valence-electron chi connectivity index (χ1n) is 6.67. The topological polar surface area (TPSA) is 27.0 Å². The Morgan fingerprint density at radius 3 is 2.50 bits per heavy atom. The number of nitrogens with zero attached hydrogens (tertiary/aromatic N) is 2. The number of hydrogen-bond donors (Lipinski definition) is 0. The lowest BCUT2D eigenvalue weighted by Gasteiger charge is -2.53. The van der Waals surface area contributed by atoms with Gasteiger partial charge in [-0.15, -0.1) is 0 Å². The van der Waals surface area contributed by atoms with Crippen molar-refractivity contribution in [1.82, 2.24) is 0 Å². The van der Waals surface area contributed by atoms with E-state index in [-0.39, 0.29) is 0 Å². The summed E-state index contributed by atoms with van der Waals surface area (Å²) < 4.78 is 0. The van der Waals surface area contributed by atoms with E-state index in [1.54, 1.807) is 0 Å². The van der Waals surface area contributed by atoms with Crippen molar-refractivity contribution >= 4 is 17.3 Å². The van der Waals surface area contributed by atoms with Crippen LogP contribution >= 0.6 is 11.6 Å². The summed E-state index contributed by atoms with van der Waals surface area (Å²) in [6.07, 6.45) is 6.95. The molecule has 3 rings (SSSR count). The summed E-state index contributed by atoms with van der Waals surface area (Å²) in [5, 5.41) is 9.44. The number of rotatable bonds is 1. The molecular weight excluding hydrogens is 244 g/mol. The Hall–Kier alpha value is -1.20. The normalized spacial score (nSPS) is 21.4. The lowest BCUT2D eigenvalue weighted by molar-refractivity contribution is 0.139. The minimum atomic E-state index is 0.563. The average Bonchev–Trinajstić information content (AvgIpc) is 2.37. The molecule has 1 saturated heterocycles. The van der Waals surface area contributed by atoms with E-state index in [1.807, 2.05) is 18.2 Å². The number of nitriles is 1. The zero-order valence-electron chi connectivity index (χ0n) is 10.5. The predicted octanol–water partition coefficient (Wildman–Crippen LogP) is 3.98. The Morgan fingerprint density at radius 1 is 1.17 bits per heavy atom. The van der Waals surface area contributed by atoms with Gasteiger partial charge >= 0.3 is 0 Å². The van der Waals surface area contributed by atoms with Gasteiger partial charge in [0.15, 0.2) is 0 Å². The molecule has 94 valence electrons. The summed E-state index contributed by atoms with van der Waals surface area (Å²) in [5.41, 5.74) is 2.31. The maximum absolute atomic E-state index is 8.87. The molecular formula is C15H17ClN2. The van der Waals surface area contributed by atoms with E-state index < -0.39 is 0 Å². The second-order valence-electron chi connectivity index (χ2n) is 5.69. The molecule has 18 heavy (non-hydrogen) atoms. The number of anilines is 1. The Kier molecular flexibility index (Phi) is 2.95. The molecule has 3 heteroatoms. The Bertz CT molecular complexity index is 490. The first-order chi connectivity index (χ1) is 8.72. The lowest BCUT2D eigenvalue weighted by Crippen LogP contribution is -2.57. The zero-order chi connectivity index (χ0) is 12.6. The molecule has 0 aromatic heterocycles. The van der Waals surface area contributed by atoms with Gasteiger partial charge in [-0.05, 0) is 31.0 Å². The Labute approximate surface area is 113 Å². The minimum Gasteiger partial charge on any atom is -0.370 e. The van der Waals surface area contributed by atoms with Crippen LogP contribution < -0.4 is 4.90 Å². The maximum Gasteiger partial charge on any atom is 0.101 e. The third-order valence-corrected chi connectivity index (χ3v) is 4.72. The second kappa shape index (κ2) is 4.48. The van der Waals surface area contributed by atoms with E-state index in [4.69, 9.17) is 16.9 Å². The van der Waals surface area contributed by atoms with Crippen molar-refractivity contribution in [2.75, 3.05) is 18.0 Å². The number of halogens is 1. The van der Waals surface area contributed by atoms with Crippen LogP contribution in [0.3, 0.4) is 0 Å². The average molecular weight is 261 g/mol. The monoisotopic (exact) mass is 260 g/mol. The first-order valence-corrected chi connectivity index (χ1v) is 7.05. The van der Waals surface area contributed by atoms with Crippen LogP contribution in [0.2, 0.25) is 5.02 Å². The van der Waals surface area contributed by atoms with Crippen LogP contribution in [0.4, 0.5) is 5.69 Å². The van der Waals surface area contributed by atoms with Crippen LogP contribution in [-0.4, -0.2) is 13.1 Å². The van der Waals surface area contributed by atoms with Crippen molar-refractivity contribution in [3.05, 3.63) is 28.8 Å². The third-order valence-electron chi connectivity index (χ3n) is 4.41. The molecule has 1 aliphatic heterocycles. The summed E-state index contributed by atoms with van der Waals surface area (Å²) in [5.74, 6) is 0. The van der Waals surface area contributed by atoms with Crippen LogP contribution in [0.1, 0.15) is 37.7 Å². The van der Waals surface area contributed by atoms with Crippen LogP contribution in [0.25, 0.3) is 0 Å². The van der Waals surface area contributed by atoms with Crippen molar-refractivity contribution < 1.29 is 0 Å². The van der Waals surface area contributed by atoms with Gasteiger partial charge in [0.2, 0.25) is 0 Å². The second-order valence-corrected chi connectivity index (χ2v) is 6.10. The van der Waals surface area contributed by atoms with Gasteiger partial charge in [-0.1, -0.05) is 30.9 Å². The highest BCUT2D eigenvalue weighted by molar-refractivity contribution is 6.32. The fraction of sp³-hybridized carbons (Fsp3) is 0.533. The molecule has 2 fully saturated rings. The Balaban J connectivity index is 1.71. The summed E-state index contributed by atoms with van der Waals surface area (Å²) in [6, 6.07) is 7.87. The van der Waals surface area contributed by atoms with Gasteiger partial charge in [0, 0.05) is 24.2 Å². The molecule has 1 saturated carbocycles. The van der Waals surface area contributed by atoms with Gasteiger partial charge in [-0.2, -0.15) is 5.26 Å². The lowest BCUT2D eigenvalue weighted by atomic mass is 9.68. The third kappa shape index (κ3) is 1.97. The standard InChI is InChI=1S/C15H17ClN2/c16-14-8-13(5-4-12(14)9-17)18-10-15(11-18)6-2-1-3-7-15/h4-5,8H,1-3,6-7,10-11H2. The van der Waals surface area contributed by atoms with Gasteiger partial charge in [0.25, 0.3) is 0 Å². The van der Waals surface area contributed by atoms with Crippen LogP contribution in [0.5, 0.6) is 0 Å². The molecule has 2 nitrogen and oxygen atoms in total. The quantitative estimate of drug-likeness (QED) is 0.764. The van der Waals surface area contributed by atoms with Gasteiger partial charge in [0.05, 0.1) is 10.6 Å². The summed E-state index contributed by atoms with van der Waals surface area (Å²) >= 11 is 6.08. The van der Waals surface area contributed by atoms with Gasteiger partial charge < -0.3 is 4.90 Å². The fourth-order valence-corrected chi connectivity index (χ4v) is 3.57. The first kappa shape index (κ1) is 11.9. The summed E-state index contributed by atoms with van der Waals surface area (Å²) in [6.45, 7) is 2.32. The van der Waals surface area contributed by atoms with Crippen molar-refractivity contribution in [2.45, 2.75) is 32.1 Å². The van der Waals surface area contributed by atoms with Crippen LogP contribution in [-0.2, 0) is 0 Å². The molecule has 2 aliphatic rings. The van der Waals surface area contributed by atoms with Crippen molar-refractivity contribution in [2.24, 2.45) is 5.41 Å². The Morgan fingerprint density at radius 2 is 1.89 bits per heavy atom. The van der Waals surface area contributed by atoms with E-state index in [9.17, 15) is 0 Å². The van der Waals surface area contributed by atoms with E-state index in [0.717, 1.165) is 18.8 Å². The predicted molar refractivity (Wildman–Crippen MR) is 73.9 cm³/mol. The molecule has 1 aliphatic carbocycles. The molecule has 1 aromatic rings.